The third kappa shape index (κ3) is 4.80. The van der Waals surface area contributed by atoms with E-state index in [-0.39, 0.29) is 13.1 Å². The van der Waals surface area contributed by atoms with Gasteiger partial charge in [0, 0.05) is 18.5 Å². The lowest BCUT2D eigenvalue weighted by Gasteiger charge is -2.56. The van der Waals surface area contributed by atoms with Crippen molar-refractivity contribution in [2.45, 2.75) is 68.3 Å². The SMILES string of the molecule is O=C(OCC12CC3CC(CC(C3)C1)C2)C(F)(F)S(=O)(=O)CS(=O)(=O)C(F)(F)C(=O)N1CCCCC1. The highest BCUT2D eigenvalue weighted by Crippen LogP contribution is 2.60. The quantitative estimate of drug-likeness (QED) is 0.339. The Balaban J connectivity index is 1.43. The summed E-state index contributed by atoms with van der Waals surface area (Å²) in [5, 5.41) is -13.4. The van der Waals surface area contributed by atoms with Gasteiger partial charge in [0.1, 0.15) is 0 Å². The Kier molecular flexibility index (Phi) is 6.73. The van der Waals surface area contributed by atoms with E-state index in [1.807, 2.05) is 0 Å². The van der Waals surface area contributed by atoms with Crippen LogP contribution in [0.2, 0.25) is 0 Å². The summed E-state index contributed by atoms with van der Waals surface area (Å²) in [7, 11) is -12.5. The molecular formula is C21H29F4NO7S2. The normalized spacial score (nSPS) is 31.4. The summed E-state index contributed by atoms with van der Waals surface area (Å²) in [6.45, 7) is -0.760. The number of sulfone groups is 2. The van der Waals surface area contributed by atoms with E-state index in [1.54, 1.807) is 0 Å². The van der Waals surface area contributed by atoms with E-state index in [2.05, 4.69) is 0 Å². The first-order valence-electron chi connectivity index (χ1n) is 11.8. The highest BCUT2D eigenvalue weighted by molar-refractivity contribution is 8.09. The largest absolute Gasteiger partial charge is 0.460 e. The molecule has 0 atom stereocenters. The molecule has 5 rings (SSSR count). The molecule has 4 bridgehead atoms. The van der Waals surface area contributed by atoms with Gasteiger partial charge in [-0.2, -0.15) is 17.6 Å². The van der Waals surface area contributed by atoms with E-state index in [0.29, 0.717) is 61.2 Å². The van der Waals surface area contributed by atoms with Crippen LogP contribution in [0.3, 0.4) is 0 Å². The van der Waals surface area contributed by atoms with Crippen molar-refractivity contribution in [2.75, 3.05) is 24.8 Å². The average molecular weight is 548 g/mol. The number of ether oxygens (including phenoxy) is 1. The number of carbonyl (C=O) groups is 2. The number of hydrogen-bond acceptors (Lipinski definition) is 7. The van der Waals surface area contributed by atoms with Crippen LogP contribution in [-0.2, 0) is 34.0 Å². The van der Waals surface area contributed by atoms with E-state index < -0.39 is 59.2 Å². The molecule has 1 aliphatic heterocycles. The first kappa shape index (κ1) is 26.6. The number of esters is 1. The zero-order valence-corrected chi connectivity index (χ0v) is 20.7. The zero-order chi connectivity index (χ0) is 25.9. The molecule has 8 nitrogen and oxygen atoms in total. The second-order valence-corrected chi connectivity index (χ2v) is 15.2. The van der Waals surface area contributed by atoms with Gasteiger partial charge in [-0.3, -0.25) is 4.79 Å². The Morgan fingerprint density at radius 3 is 1.74 bits per heavy atom. The predicted octanol–water partition coefficient (Wildman–Crippen LogP) is 2.73. The molecule has 0 spiro atoms. The van der Waals surface area contributed by atoms with Gasteiger partial charge in [-0.1, -0.05) is 0 Å². The van der Waals surface area contributed by atoms with Crippen molar-refractivity contribution in [2.24, 2.45) is 23.2 Å². The number of amides is 1. The number of rotatable bonds is 8. The first-order valence-corrected chi connectivity index (χ1v) is 15.1. The number of alkyl halides is 4. The van der Waals surface area contributed by atoms with Crippen LogP contribution in [0, 0.1) is 23.2 Å². The summed E-state index contributed by atoms with van der Waals surface area (Å²) in [5.41, 5.74) is -0.524. The molecule has 1 heterocycles. The lowest BCUT2D eigenvalue weighted by atomic mass is 9.50. The molecule has 200 valence electrons. The number of hydrogen-bond donors (Lipinski definition) is 0. The van der Waals surface area contributed by atoms with Gasteiger partial charge >= 0.3 is 22.4 Å². The molecule has 0 radical (unpaired) electrons. The smallest absolute Gasteiger partial charge is 0.440 e. The van der Waals surface area contributed by atoms with Crippen molar-refractivity contribution >= 4 is 31.6 Å². The number of carbonyl (C=O) groups excluding carboxylic acids is 2. The molecule has 0 N–H and O–H groups in total. The van der Waals surface area contributed by atoms with Crippen molar-refractivity contribution < 1.29 is 48.7 Å². The van der Waals surface area contributed by atoms with Gasteiger partial charge in [0.15, 0.2) is 5.08 Å². The van der Waals surface area contributed by atoms with Crippen LogP contribution in [-0.4, -0.2) is 68.9 Å². The van der Waals surface area contributed by atoms with Crippen molar-refractivity contribution in [3.63, 3.8) is 0 Å². The molecule has 35 heavy (non-hydrogen) atoms. The molecular weight excluding hydrogens is 518 g/mol. The second-order valence-electron chi connectivity index (χ2n) is 10.7. The van der Waals surface area contributed by atoms with Gasteiger partial charge in [0.25, 0.3) is 0 Å². The molecule has 5 aliphatic rings. The van der Waals surface area contributed by atoms with Gasteiger partial charge in [0.05, 0.1) is 6.61 Å². The molecule has 5 fully saturated rings. The van der Waals surface area contributed by atoms with Gasteiger partial charge in [-0.15, -0.1) is 0 Å². The Morgan fingerprint density at radius 1 is 0.800 bits per heavy atom. The van der Waals surface area contributed by atoms with Crippen LogP contribution in [0.15, 0.2) is 0 Å². The maximum atomic E-state index is 14.6. The molecule has 4 saturated carbocycles. The van der Waals surface area contributed by atoms with Crippen LogP contribution in [0.25, 0.3) is 0 Å². The van der Waals surface area contributed by atoms with Gasteiger partial charge < -0.3 is 9.64 Å². The minimum Gasteiger partial charge on any atom is -0.460 e. The van der Waals surface area contributed by atoms with Crippen molar-refractivity contribution in [1.82, 2.24) is 4.90 Å². The van der Waals surface area contributed by atoms with Crippen molar-refractivity contribution in [1.29, 1.82) is 0 Å². The Bertz CT molecular complexity index is 1050. The summed E-state index contributed by atoms with van der Waals surface area (Å²) in [6.07, 6.45) is 6.41. The summed E-state index contributed by atoms with van der Waals surface area (Å²) >= 11 is 0. The van der Waals surface area contributed by atoms with E-state index >= 15 is 0 Å². The van der Waals surface area contributed by atoms with E-state index in [4.69, 9.17) is 4.74 Å². The number of piperidine rings is 1. The fourth-order valence-corrected chi connectivity index (χ4v) is 10.2. The summed E-state index contributed by atoms with van der Waals surface area (Å²) < 4.78 is 111. The molecule has 4 aliphatic carbocycles. The number of halogens is 4. The van der Waals surface area contributed by atoms with E-state index in [9.17, 15) is 44.0 Å². The van der Waals surface area contributed by atoms with Crippen molar-refractivity contribution in [3.05, 3.63) is 0 Å². The maximum absolute atomic E-state index is 14.6. The zero-order valence-electron chi connectivity index (χ0n) is 19.1. The lowest BCUT2D eigenvalue weighted by molar-refractivity contribution is -0.171. The van der Waals surface area contributed by atoms with Gasteiger partial charge in [0.2, 0.25) is 19.7 Å². The Hall–Kier alpha value is -1.44. The Morgan fingerprint density at radius 2 is 1.26 bits per heavy atom. The number of likely N-dealkylation sites (tertiary alicyclic amines) is 1. The third-order valence-electron chi connectivity index (χ3n) is 7.90. The molecule has 0 unspecified atom stereocenters. The first-order chi connectivity index (χ1) is 16.1. The van der Waals surface area contributed by atoms with Gasteiger partial charge in [-0.25, -0.2) is 21.6 Å². The Labute approximate surface area is 201 Å². The van der Waals surface area contributed by atoms with Crippen LogP contribution >= 0.6 is 0 Å². The standard InChI is InChI=1S/C21H29F4NO7S2/c22-20(23,17(27)26-4-2-1-3-5-26)34(29,30)13-35(31,32)21(24,25)18(28)33-12-19-9-14-6-15(10-19)8-16(7-14)11-19/h14-16H,1-13H2. The fraction of sp³-hybridized carbons (Fsp3) is 0.905. The molecule has 1 amide bonds. The maximum Gasteiger partial charge on any atom is 0.440 e. The number of nitrogens with zero attached hydrogens (tertiary/aromatic N) is 1. The predicted molar refractivity (Wildman–Crippen MR) is 115 cm³/mol. The minimum absolute atomic E-state index is 0.163. The minimum atomic E-state index is -6.29. The summed E-state index contributed by atoms with van der Waals surface area (Å²) in [4.78, 5) is 24.7. The summed E-state index contributed by atoms with van der Waals surface area (Å²) in [5.74, 6) is -3.47. The van der Waals surface area contributed by atoms with Gasteiger partial charge in [-0.05, 0) is 75.5 Å². The van der Waals surface area contributed by atoms with E-state index in [0.717, 1.165) is 19.3 Å². The second kappa shape index (κ2) is 8.84. The van der Waals surface area contributed by atoms with E-state index in [1.165, 1.54) is 0 Å². The van der Waals surface area contributed by atoms with Crippen LogP contribution in [0.4, 0.5) is 17.6 Å². The van der Waals surface area contributed by atoms with Crippen LogP contribution in [0.1, 0.15) is 57.8 Å². The summed E-state index contributed by atoms with van der Waals surface area (Å²) in [6, 6.07) is 0. The molecule has 1 saturated heterocycles. The average Bonchev–Trinajstić information content (AvgIpc) is 2.75. The van der Waals surface area contributed by atoms with Crippen LogP contribution in [0.5, 0.6) is 0 Å². The molecule has 0 aromatic carbocycles. The fourth-order valence-electron chi connectivity index (χ4n) is 6.66. The topological polar surface area (TPSA) is 115 Å². The highest BCUT2D eigenvalue weighted by atomic mass is 32.3. The lowest BCUT2D eigenvalue weighted by Crippen LogP contribution is -2.53. The molecule has 0 aromatic rings. The third-order valence-corrected chi connectivity index (χ3v) is 12.3. The van der Waals surface area contributed by atoms with Crippen LogP contribution < -0.4 is 0 Å². The molecule has 14 heteroatoms. The molecule has 0 aromatic heterocycles. The highest BCUT2D eigenvalue weighted by Gasteiger charge is 2.62. The monoisotopic (exact) mass is 547 g/mol. The van der Waals surface area contributed by atoms with Crippen molar-refractivity contribution in [3.8, 4) is 0 Å².